The van der Waals surface area contributed by atoms with Crippen LogP contribution in [0, 0.1) is 22.7 Å². The van der Waals surface area contributed by atoms with Crippen molar-refractivity contribution in [2.45, 2.75) is 0 Å². The van der Waals surface area contributed by atoms with Gasteiger partial charge >= 0.3 is 0 Å². The molecule has 0 N–H and O–H groups in total. The number of hydrogen-bond acceptors (Lipinski definition) is 4. The molecule has 34 heavy (non-hydrogen) atoms. The molecule has 0 unspecified atom stereocenters. The Bertz CT molecular complexity index is 2090. The molecule has 6 aromatic carbocycles. The zero-order valence-electron chi connectivity index (χ0n) is 17.9. The van der Waals surface area contributed by atoms with Gasteiger partial charge < -0.3 is 0 Å². The SMILES string of the molecule is N#Cc1nc2c(nc1C#N)c1c3ccccc3c3ccccc3c1c1ccc3ccccc3c12. The van der Waals surface area contributed by atoms with Gasteiger partial charge in [0.05, 0.1) is 11.0 Å². The average molecular weight is 430 g/mol. The Hall–Kier alpha value is -5.06. The zero-order valence-corrected chi connectivity index (χ0v) is 17.9. The van der Waals surface area contributed by atoms with Gasteiger partial charge in [0.2, 0.25) is 0 Å². The highest BCUT2D eigenvalue weighted by atomic mass is 14.8. The molecule has 0 saturated carbocycles. The van der Waals surface area contributed by atoms with Crippen molar-refractivity contribution in [1.82, 2.24) is 9.97 Å². The highest BCUT2D eigenvalue weighted by molar-refractivity contribution is 6.40. The summed E-state index contributed by atoms with van der Waals surface area (Å²) in [6, 6.07) is 33.3. The molecular weight excluding hydrogens is 416 g/mol. The first-order chi connectivity index (χ1) is 16.8. The molecule has 4 heteroatoms. The van der Waals surface area contributed by atoms with E-state index in [0.29, 0.717) is 11.0 Å². The van der Waals surface area contributed by atoms with Crippen LogP contribution in [-0.4, -0.2) is 9.97 Å². The van der Waals surface area contributed by atoms with E-state index in [2.05, 4.69) is 72.8 Å². The van der Waals surface area contributed by atoms with Gasteiger partial charge in [0.25, 0.3) is 0 Å². The van der Waals surface area contributed by atoms with Crippen molar-refractivity contribution in [3.63, 3.8) is 0 Å². The minimum Gasteiger partial charge on any atom is -0.232 e. The van der Waals surface area contributed by atoms with E-state index in [0.717, 1.165) is 48.5 Å². The predicted octanol–water partition coefficient (Wildman–Crippen LogP) is 7.14. The van der Waals surface area contributed by atoms with Crippen molar-refractivity contribution in [1.29, 1.82) is 10.5 Å². The van der Waals surface area contributed by atoms with Gasteiger partial charge in [-0.1, -0.05) is 84.9 Å². The monoisotopic (exact) mass is 430 g/mol. The van der Waals surface area contributed by atoms with Crippen LogP contribution in [0.25, 0.3) is 64.9 Å². The van der Waals surface area contributed by atoms with Gasteiger partial charge in [0, 0.05) is 16.2 Å². The van der Waals surface area contributed by atoms with Crippen LogP contribution in [0.3, 0.4) is 0 Å². The summed E-state index contributed by atoms with van der Waals surface area (Å²) in [5.74, 6) is 0. The Morgan fingerprint density at radius 2 is 0.941 bits per heavy atom. The van der Waals surface area contributed by atoms with Crippen molar-refractivity contribution in [2.75, 3.05) is 0 Å². The molecular formula is C30H14N4. The van der Waals surface area contributed by atoms with Gasteiger partial charge in [0.1, 0.15) is 12.1 Å². The molecule has 0 bridgehead atoms. The van der Waals surface area contributed by atoms with E-state index in [1.54, 1.807) is 0 Å². The molecule has 0 aliphatic heterocycles. The fourth-order valence-corrected chi connectivity index (χ4v) is 5.34. The molecule has 0 amide bonds. The van der Waals surface area contributed by atoms with Crippen LogP contribution in [0.1, 0.15) is 11.4 Å². The molecule has 7 aromatic rings. The topological polar surface area (TPSA) is 73.4 Å². The van der Waals surface area contributed by atoms with Crippen molar-refractivity contribution >= 4 is 64.9 Å². The van der Waals surface area contributed by atoms with Crippen molar-refractivity contribution in [3.8, 4) is 12.1 Å². The second kappa shape index (κ2) is 6.72. The van der Waals surface area contributed by atoms with Crippen molar-refractivity contribution in [2.24, 2.45) is 0 Å². The second-order valence-corrected chi connectivity index (χ2v) is 8.39. The molecule has 0 atom stereocenters. The minimum absolute atomic E-state index is 0.0492. The molecule has 1 aromatic heterocycles. The Morgan fingerprint density at radius 3 is 1.56 bits per heavy atom. The van der Waals surface area contributed by atoms with E-state index in [-0.39, 0.29) is 11.4 Å². The number of rotatable bonds is 0. The Morgan fingerprint density at radius 1 is 0.441 bits per heavy atom. The third-order valence-corrected chi connectivity index (χ3v) is 6.71. The quantitative estimate of drug-likeness (QED) is 0.240. The minimum atomic E-state index is 0.0492. The van der Waals surface area contributed by atoms with Crippen LogP contribution in [0.5, 0.6) is 0 Å². The lowest BCUT2D eigenvalue weighted by Gasteiger charge is -2.16. The van der Waals surface area contributed by atoms with Gasteiger partial charge in [-0.25, -0.2) is 9.97 Å². The van der Waals surface area contributed by atoms with Crippen molar-refractivity contribution < 1.29 is 0 Å². The average Bonchev–Trinajstić information content (AvgIpc) is 2.91. The Labute approximate surface area is 193 Å². The third-order valence-electron chi connectivity index (χ3n) is 6.71. The number of nitrogens with zero attached hydrogens (tertiary/aromatic N) is 4. The summed E-state index contributed by atoms with van der Waals surface area (Å²) in [6.07, 6.45) is 0. The largest absolute Gasteiger partial charge is 0.232 e. The van der Waals surface area contributed by atoms with Gasteiger partial charge in [-0.15, -0.1) is 0 Å². The van der Waals surface area contributed by atoms with E-state index >= 15 is 0 Å². The predicted molar refractivity (Wildman–Crippen MR) is 136 cm³/mol. The van der Waals surface area contributed by atoms with Crippen LogP contribution in [0.15, 0.2) is 84.9 Å². The zero-order chi connectivity index (χ0) is 22.8. The summed E-state index contributed by atoms with van der Waals surface area (Å²) >= 11 is 0. The van der Waals surface area contributed by atoms with Crippen molar-refractivity contribution in [3.05, 3.63) is 96.3 Å². The first-order valence-corrected chi connectivity index (χ1v) is 11.0. The number of hydrogen-bond donors (Lipinski definition) is 0. The fraction of sp³-hybridized carbons (Fsp3) is 0. The van der Waals surface area contributed by atoms with E-state index < -0.39 is 0 Å². The molecule has 0 saturated heterocycles. The lowest BCUT2D eigenvalue weighted by molar-refractivity contribution is 1.21. The molecule has 1 heterocycles. The molecule has 0 aliphatic rings. The molecule has 0 radical (unpaired) electrons. The Kier molecular flexibility index (Phi) is 3.66. The first kappa shape index (κ1) is 18.5. The maximum absolute atomic E-state index is 9.75. The summed E-state index contributed by atoms with van der Waals surface area (Å²) in [5.41, 5.74) is 1.40. The molecule has 4 nitrogen and oxygen atoms in total. The number of benzene rings is 6. The maximum atomic E-state index is 9.75. The summed E-state index contributed by atoms with van der Waals surface area (Å²) in [4.78, 5) is 9.49. The van der Waals surface area contributed by atoms with Crippen LogP contribution in [0.2, 0.25) is 0 Å². The smallest absolute Gasteiger partial charge is 0.177 e. The first-order valence-electron chi connectivity index (χ1n) is 11.0. The number of nitriles is 2. The van der Waals surface area contributed by atoms with Gasteiger partial charge in [0.15, 0.2) is 11.4 Å². The second-order valence-electron chi connectivity index (χ2n) is 8.39. The molecule has 0 spiro atoms. The summed E-state index contributed by atoms with van der Waals surface area (Å²) < 4.78 is 0. The van der Waals surface area contributed by atoms with Gasteiger partial charge in [-0.2, -0.15) is 10.5 Å². The third kappa shape index (κ3) is 2.29. The number of aromatic nitrogens is 2. The van der Waals surface area contributed by atoms with E-state index in [1.165, 1.54) is 5.39 Å². The highest BCUT2D eigenvalue weighted by Gasteiger charge is 2.20. The van der Waals surface area contributed by atoms with E-state index in [1.807, 2.05) is 24.3 Å². The normalized spacial score (nSPS) is 11.5. The van der Waals surface area contributed by atoms with E-state index in [4.69, 9.17) is 9.97 Å². The van der Waals surface area contributed by atoms with Gasteiger partial charge in [-0.3, -0.25) is 0 Å². The number of fused-ring (bicyclic) bond motifs is 13. The fourth-order valence-electron chi connectivity index (χ4n) is 5.34. The van der Waals surface area contributed by atoms with Crippen LogP contribution in [-0.2, 0) is 0 Å². The Balaban J connectivity index is 1.96. The van der Waals surface area contributed by atoms with E-state index in [9.17, 15) is 10.5 Å². The van der Waals surface area contributed by atoms with Gasteiger partial charge in [-0.05, 0) is 37.7 Å². The summed E-state index contributed by atoms with van der Waals surface area (Å²) in [6.45, 7) is 0. The van der Waals surface area contributed by atoms with Crippen LogP contribution < -0.4 is 0 Å². The molecule has 154 valence electrons. The maximum Gasteiger partial charge on any atom is 0.177 e. The molecule has 7 rings (SSSR count). The summed E-state index contributed by atoms with van der Waals surface area (Å²) in [7, 11) is 0. The summed E-state index contributed by atoms with van der Waals surface area (Å²) in [5, 5.41) is 30.1. The standard InChI is InChI=1S/C30H14N4/c31-15-24-25(16-32)34-30-28-22-12-6-4-10-20(22)19-9-3-5-11-21(19)26(28)23-14-13-17-7-1-2-8-18(17)27(23)29(30)33-24/h1-14H. The molecule has 0 fully saturated rings. The van der Waals surface area contributed by atoms with Crippen LogP contribution in [0.4, 0.5) is 0 Å². The molecule has 0 aliphatic carbocycles. The lowest BCUT2D eigenvalue weighted by Crippen LogP contribution is -1.99. The van der Waals surface area contributed by atoms with Crippen LogP contribution >= 0.6 is 0 Å². The highest BCUT2D eigenvalue weighted by Crippen LogP contribution is 2.44. The lowest BCUT2D eigenvalue weighted by atomic mass is 9.88.